The SMILES string of the molecule is CCOCc1nc2c(N)nc3cc(-c4cccnc4)ccc3c2n1C(CCCS(N)(=O)=O)Cc1ccc(OC)cc1. The summed E-state index contributed by atoms with van der Waals surface area (Å²) < 4.78 is 36.9. The lowest BCUT2D eigenvalue weighted by atomic mass is 10.0. The van der Waals surface area contributed by atoms with Gasteiger partial charge in [-0.1, -0.05) is 30.3 Å². The van der Waals surface area contributed by atoms with E-state index in [4.69, 9.17) is 30.3 Å². The summed E-state index contributed by atoms with van der Waals surface area (Å²) >= 11 is 0. The van der Waals surface area contributed by atoms with Gasteiger partial charge in [0.2, 0.25) is 10.0 Å². The summed E-state index contributed by atoms with van der Waals surface area (Å²) in [5.41, 5.74) is 11.7. The summed E-state index contributed by atoms with van der Waals surface area (Å²) in [6, 6.07) is 17.7. The van der Waals surface area contributed by atoms with Crippen LogP contribution in [0.1, 0.15) is 37.2 Å². The molecule has 11 heteroatoms. The van der Waals surface area contributed by atoms with Crippen LogP contribution < -0.4 is 15.6 Å². The third-order valence-electron chi connectivity index (χ3n) is 7.11. The number of methoxy groups -OCH3 is 1. The van der Waals surface area contributed by atoms with Crippen LogP contribution in [0.4, 0.5) is 5.82 Å². The Balaban J connectivity index is 1.68. The van der Waals surface area contributed by atoms with Crippen molar-refractivity contribution in [1.82, 2.24) is 19.5 Å². The molecule has 0 aliphatic heterocycles. The maximum atomic E-state index is 11.8. The van der Waals surface area contributed by atoms with Crippen LogP contribution in [0.15, 0.2) is 67.0 Å². The Hall–Kier alpha value is -4.06. The van der Waals surface area contributed by atoms with E-state index in [2.05, 4.69) is 9.55 Å². The second-order valence-corrected chi connectivity index (χ2v) is 11.7. The smallest absolute Gasteiger partial charge is 0.209 e. The normalized spacial score (nSPS) is 12.7. The van der Waals surface area contributed by atoms with Crippen LogP contribution in [0.5, 0.6) is 5.75 Å². The molecule has 0 bridgehead atoms. The number of fused-ring (bicyclic) bond motifs is 3. The lowest BCUT2D eigenvalue weighted by Crippen LogP contribution is -2.20. The maximum Gasteiger partial charge on any atom is 0.209 e. The number of primary sulfonamides is 1. The quantitative estimate of drug-likeness (QED) is 0.219. The zero-order valence-corrected chi connectivity index (χ0v) is 24.0. The lowest BCUT2D eigenvalue weighted by molar-refractivity contribution is 0.124. The molecule has 3 aromatic heterocycles. The Labute approximate surface area is 239 Å². The minimum absolute atomic E-state index is 0.113. The summed E-state index contributed by atoms with van der Waals surface area (Å²) in [6.07, 6.45) is 5.10. The van der Waals surface area contributed by atoms with Gasteiger partial charge in [0.25, 0.3) is 0 Å². The van der Waals surface area contributed by atoms with Gasteiger partial charge in [0.05, 0.1) is 23.9 Å². The molecule has 5 rings (SSSR count). The van der Waals surface area contributed by atoms with Crippen molar-refractivity contribution >= 4 is 37.8 Å². The van der Waals surface area contributed by atoms with Crippen molar-refractivity contribution in [3.63, 3.8) is 0 Å². The molecule has 0 aliphatic rings. The molecule has 5 aromatic rings. The molecule has 10 nitrogen and oxygen atoms in total. The van der Waals surface area contributed by atoms with E-state index in [9.17, 15) is 8.42 Å². The summed E-state index contributed by atoms with van der Waals surface area (Å²) in [6.45, 7) is 2.72. The van der Waals surface area contributed by atoms with Crippen LogP contribution >= 0.6 is 0 Å². The molecule has 0 saturated carbocycles. The number of aromatic nitrogens is 4. The van der Waals surface area contributed by atoms with Crippen LogP contribution in [-0.2, 0) is 27.8 Å². The second-order valence-electron chi connectivity index (χ2n) is 9.92. The van der Waals surface area contributed by atoms with E-state index >= 15 is 0 Å². The molecule has 1 unspecified atom stereocenters. The van der Waals surface area contributed by atoms with Crippen molar-refractivity contribution in [2.45, 2.75) is 38.8 Å². The van der Waals surface area contributed by atoms with Gasteiger partial charge in [-0.2, -0.15) is 0 Å². The lowest BCUT2D eigenvalue weighted by Gasteiger charge is -2.23. The second kappa shape index (κ2) is 12.2. The molecule has 0 aliphatic carbocycles. The highest BCUT2D eigenvalue weighted by molar-refractivity contribution is 7.89. The number of imidazole rings is 1. The molecule has 2 aromatic carbocycles. The van der Waals surface area contributed by atoms with Gasteiger partial charge < -0.3 is 19.8 Å². The van der Waals surface area contributed by atoms with Crippen LogP contribution in [0, 0.1) is 0 Å². The summed E-state index contributed by atoms with van der Waals surface area (Å²) in [7, 11) is -1.98. The molecule has 0 saturated heterocycles. The molecule has 214 valence electrons. The highest BCUT2D eigenvalue weighted by Gasteiger charge is 2.24. The number of benzene rings is 2. The predicted octanol–water partition coefficient (Wildman–Crippen LogP) is 4.63. The number of anilines is 1. The molecule has 0 fully saturated rings. The molecule has 41 heavy (non-hydrogen) atoms. The highest BCUT2D eigenvalue weighted by atomic mass is 32.2. The van der Waals surface area contributed by atoms with Crippen LogP contribution in [0.3, 0.4) is 0 Å². The van der Waals surface area contributed by atoms with Crippen molar-refractivity contribution in [2.75, 3.05) is 25.2 Å². The third kappa shape index (κ3) is 6.48. The molecule has 0 amide bonds. The number of nitrogens with zero attached hydrogens (tertiary/aromatic N) is 4. The fraction of sp³-hybridized carbons (Fsp3) is 0.300. The standard InChI is InChI=1S/C30H34N6O4S/c1-3-40-19-27-35-28-29(25-13-10-21(17-26(25)34-30(28)31)22-6-4-14-33-18-22)36(27)23(7-5-15-41(32,37)38)16-20-8-11-24(39-2)12-9-20/h4,6,8-14,17-18,23H,3,5,7,15-16,19H2,1-2H3,(H2,31,34)(H2,32,37,38). The minimum Gasteiger partial charge on any atom is -0.497 e. The minimum atomic E-state index is -3.61. The number of nitrogens with two attached hydrogens (primary N) is 2. The van der Waals surface area contributed by atoms with Crippen molar-refractivity contribution < 1.29 is 17.9 Å². The largest absolute Gasteiger partial charge is 0.497 e. The molecule has 4 N–H and O–H groups in total. The number of hydrogen-bond donors (Lipinski definition) is 2. The van der Waals surface area contributed by atoms with Crippen LogP contribution in [-0.4, -0.2) is 47.4 Å². The number of pyridine rings is 2. The van der Waals surface area contributed by atoms with Crippen molar-refractivity contribution in [2.24, 2.45) is 5.14 Å². The van der Waals surface area contributed by atoms with Gasteiger partial charge in [0.1, 0.15) is 23.7 Å². The van der Waals surface area contributed by atoms with Crippen LogP contribution in [0.2, 0.25) is 0 Å². The number of sulfonamides is 1. The Bertz CT molecular complexity index is 1760. The number of hydrogen-bond acceptors (Lipinski definition) is 8. The zero-order chi connectivity index (χ0) is 29.0. The maximum absolute atomic E-state index is 11.8. The first-order valence-corrected chi connectivity index (χ1v) is 15.2. The van der Waals surface area contributed by atoms with E-state index in [0.717, 1.165) is 38.9 Å². The molecule has 0 spiro atoms. The summed E-state index contributed by atoms with van der Waals surface area (Å²) in [4.78, 5) is 13.9. The van der Waals surface area contributed by atoms with Gasteiger partial charge in [-0.25, -0.2) is 23.5 Å². The monoisotopic (exact) mass is 574 g/mol. The van der Waals surface area contributed by atoms with Crippen molar-refractivity contribution in [1.29, 1.82) is 0 Å². The van der Waals surface area contributed by atoms with E-state index in [1.165, 1.54) is 0 Å². The zero-order valence-electron chi connectivity index (χ0n) is 23.2. The van der Waals surface area contributed by atoms with E-state index in [1.807, 2.05) is 67.7 Å². The van der Waals surface area contributed by atoms with Gasteiger partial charge in [0, 0.05) is 36.0 Å². The molecule has 3 heterocycles. The molecule has 1 atom stereocenters. The van der Waals surface area contributed by atoms with Gasteiger partial charge in [-0.3, -0.25) is 4.98 Å². The average molecular weight is 575 g/mol. The van der Waals surface area contributed by atoms with Crippen LogP contribution in [0.25, 0.3) is 33.1 Å². The molecular formula is C30H34N6O4S. The average Bonchev–Trinajstić information content (AvgIpc) is 3.35. The van der Waals surface area contributed by atoms with Gasteiger partial charge in [-0.15, -0.1) is 0 Å². The Morgan fingerprint density at radius 2 is 1.85 bits per heavy atom. The number of nitrogen functional groups attached to an aromatic ring is 1. The van der Waals surface area contributed by atoms with Crippen molar-refractivity contribution in [3.8, 4) is 16.9 Å². The van der Waals surface area contributed by atoms with E-state index in [-0.39, 0.29) is 18.4 Å². The summed E-state index contributed by atoms with van der Waals surface area (Å²) in [5.74, 6) is 1.67. The number of ether oxygens (including phenoxy) is 2. The van der Waals surface area contributed by atoms with Gasteiger partial charge >= 0.3 is 0 Å². The van der Waals surface area contributed by atoms with Crippen molar-refractivity contribution in [3.05, 3.63) is 78.4 Å². The fourth-order valence-corrected chi connectivity index (χ4v) is 5.77. The first kappa shape index (κ1) is 28.5. The summed E-state index contributed by atoms with van der Waals surface area (Å²) in [5, 5.41) is 6.25. The Kier molecular flexibility index (Phi) is 8.48. The topological polar surface area (TPSA) is 148 Å². The van der Waals surface area contributed by atoms with E-state index in [1.54, 1.807) is 13.3 Å². The first-order chi connectivity index (χ1) is 19.8. The van der Waals surface area contributed by atoms with E-state index < -0.39 is 10.0 Å². The Morgan fingerprint density at radius 3 is 2.54 bits per heavy atom. The predicted molar refractivity (Wildman–Crippen MR) is 161 cm³/mol. The first-order valence-electron chi connectivity index (χ1n) is 13.5. The Morgan fingerprint density at radius 1 is 1.05 bits per heavy atom. The highest BCUT2D eigenvalue weighted by Crippen LogP contribution is 2.36. The van der Waals surface area contributed by atoms with Gasteiger partial charge in [-0.05, 0) is 61.6 Å². The number of rotatable bonds is 12. The third-order valence-corrected chi connectivity index (χ3v) is 7.97. The molecule has 0 radical (unpaired) electrons. The van der Waals surface area contributed by atoms with E-state index in [0.29, 0.717) is 43.0 Å². The molecular weight excluding hydrogens is 540 g/mol. The fourth-order valence-electron chi connectivity index (χ4n) is 5.20. The van der Waals surface area contributed by atoms with Gasteiger partial charge in [0.15, 0.2) is 5.82 Å².